The molecule has 2 amide bonds. The van der Waals surface area contributed by atoms with Crippen molar-refractivity contribution in [2.75, 3.05) is 19.8 Å². The van der Waals surface area contributed by atoms with Crippen LogP contribution < -0.4 is 0 Å². The van der Waals surface area contributed by atoms with Gasteiger partial charge in [0, 0.05) is 19.6 Å². The van der Waals surface area contributed by atoms with E-state index >= 15 is 0 Å². The lowest BCUT2D eigenvalue weighted by atomic mass is 9.79. The van der Waals surface area contributed by atoms with Crippen LogP contribution in [0.1, 0.15) is 42.3 Å². The van der Waals surface area contributed by atoms with Gasteiger partial charge in [-0.05, 0) is 47.9 Å². The summed E-state index contributed by atoms with van der Waals surface area (Å²) in [7, 11) is 0. The minimum Gasteiger partial charge on any atom is -0.446 e. The largest absolute Gasteiger partial charge is 0.446 e. The highest BCUT2D eigenvalue weighted by Gasteiger charge is 2.40. The van der Waals surface area contributed by atoms with Crippen molar-refractivity contribution in [3.05, 3.63) is 71.5 Å². The summed E-state index contributed by atoms with van der Waals surface area (Å²) >= 11 is 0. The van der Waals surface area contributed by atoms with Gasteiger partial charge in [0.25, 0.3) is 0 Å². The predicted octanol–water partition coefficient (Wildman–Crippen LogP) is 4.45. The normalized spacial score (nSPS) is 21.1. The number of cyclic esters (lactones) is 1. The Balaban J connectivity index is 1.58. The van der Waals surface area contributed by atoms with Gasteiger partial charge in [0.15, 0.2) is 0 Å². The van der Waals surface area contributed by atoms with Crippen molar-refractivity contribution in [3.8, 4) is 0 Å². The number of hydrogen-bond donors (Lipinski definition) is 0. The van der Waals surface area contributed by atoms with E-state index in [2.05, 4.69) is 0 Å². The lowest BCUT2D eigenvalue weighted by Crippen LogP contribution is -2.36. The molecule has 0 saturated carbocycles. The first-order valence-corrected chi connectivity index (χ1v) is 10.0. The number of carbonyl (C=O) groups excluding carboxylic acids is 2. The minimum atomic E-state index is -0.603. The number of amides is 2. The highest BCUT2D eigenvalue weighted by Crippen LogP contribution is 2.37. The van der Waals surface area contributed by atoms with Crippen molar-refractivity contribution in [1.29, 1.82) is 0 Å². The molecule has 0 N–H and O–H groups in total. The fourth-order valence-corrected chi connectivity index (χ4v) is 4.29. The van der Waals surface area contributed by atoms with Crippen LogP contribution >= 0.6 is 0 Å². The fraction of sp³-hybridized carbons (Fsp3) is 0.391. The van der Waals surface area contributed by atoms with Gasteiger partial charge in [-0.3, -0.25) is 4.79 Å². The molecule has 2 aliphatic heterocycles. The average Bonchev–Trinajstić information content (AvgIpc) is 3.15. The Morgan fingerprint density at radius 3 is 2.45 bits per heavy atom. The second kappa shape index (κ2) is 8.74. The van der Waals surface area contributed by atoms with E-state index in [-0.39, 0.29) is 36.6 Å². The Kier molecular flexibility index (Phi) is 5.90. The minimum absolute atomic E-state index is 0.100. The van der Waals surface area contributed by atoms with Gasteiger partial charge in [-0.1, -0.05) is 42.5 Å². The Bertz CT molecular complexity index is 849. The Hall–Kier alpha value is -2.73. The molecule has 2 heterocycles. The van der Waals surface area contributed by atoms with E-state index in [0.29, 0.717) is 13.2 Å². The van der Waals surface area contributed by atoms with Crippen molar-refractivity contribution >= 4 is 12.0 Å². The number of imide groups is 1. The van der Waals surface area contributed by atoms with Gasteiger partial charge in [-0.2, -0.15) is 0 Å². The molecule has 0 radical (unpaired) electrons. The molecular formula is C23H24FNO4. The Morgan fingerprint density at radius 2 is 1.76 bits per heavy atom. The van der Waals surface area contributed by atoms with E-state index in [1.54, 1.807) is 12.1 Å². The molecule has 2 aromatic rings. The molecule has 2 saturated heterocycles. The number of ether oxygens (including phenoxy) is 2. The van der Waals surface area contributed by atoms with Crippen molar-refractivity contribution in [3.63, 3.8) is 0 Å². The maximum Gasteiger partial charge on any atom is 0.417 e. The van der Waals surface area contributed by atoms with Gasteiger partial charge in [0.2, 0.25) is 5.91 Å². The van der Waals surface area contributed by atoms with Gasteiger partial charge in [0.1, 0.15) is 18.5 Å². The standard InChI is InChI=1S/C23H24FNO4/c24-19-8-6-16(7-9-19)20(17-10-12-28-13-11-17)14-22(26)25-21(15-29-23(25)27)18-4-2-1-3-5-18/h1-9,17,20-21H,10-15H2. The number of benzene rings is 2. The molecule has 2 unspecified atom stereocenters. The summed E-state index contributed by atoms with van der Waals surface area (Å²) < 4.78 is 24.1. The maximum absolute atomic E-state index is 13.4. The summed E-state index contributed by atoms with van der Waals surface area (Å²) in [5, 5.41) is 0. The monoisotopic (exact) mass is 397 g/mol. The van der Waals surface area contributed by atoms with Crippen molar-refractivity contribution in [2.24, 2.45) is 5.92 Å². The molecule has 0 bridgehead atoms. The highest BCUT2D eigenvalue weighted by molar-refractivity contribution is 5.94. The molecule has 2 aromatic carbocycles. The number of nitrogens with zero attached hydrogens (tertiary/aromatic N) is 1. The van der Waals surface area contributed by atoms with E-state index in [1.807, 2.05) is 30.3 Å². The second-order valence-electron chi connectivity index (χ2n) is 7.58. The molecular weight excluding hydrogens is 373 g/mol. The summed E-state index contributed by atoms with van der Waals surface area (Å²) in [5.41, 5.74) is 1.78. The first-order valence-electron chi connectivity index (χ1n) is 10.0. The number of hydrogen-bond acceptors (Lipinski definition) is 4. The van der Waals surface area contributed by atoms with E-state index in [9.17, 15) is 14.0 Å². The Labute approximate surface area is 169 Å². The molecule has 0 spiro atoms. The van der Waals surface area contributed by atoms with Gasteiger partial charge < -0.3 is 9.47 Å². The summed E-state index contributed by atoms with van der Waals surface area (Å²) in [5.74, 6) is -0.427. The van der Waals surface area contributed by atoms with Crippen LogP contribution in [0.15, 0.2) is 54.6 Å². The van der Waals surface area contributed by atoms with Gasteiger partial charge in [-0.25, -0.2) is 14.1 Å². The quantitative estimate of drug-likeness (QED) is 0.748. The lowest BCUT2D eigenvalue weighted by molar-refractivity contribution is -0.130. The molecule has 0 aromatic heterocycles. The number of halogens is 1. The Morgan fingerprint density at radius 1 is 1.07 bits per heavy atom. The van der Waals surface area contributed by atoms with Crippen LogP contribution in [0.25, 0.3) is 0 Å². The average molecular weight is 397 g/mol. The van der Waals surface area contributed by atoms with Gasteiger partial charge in [0.05, 0.1) is 0 Å². The first-order chi connectivity index (χ1) is 14.1. The van der Waals surface area contributed by atoms with Gasteiger partial charge >= 0.3 is 6.09 Å². The lowest BCUT2D eigenvalue weighted by Gasteiger charge is -2.31. The summed E-state index contributed by atoms with van der Waals surface area (Å²) in [6, 6.07) is 15.3. The third kappa shape index (κ3) is 4.32. The van der Waals surface area contributed by atoms with E-state index < -0.39 is 12.1 Å². The summed E-state index contributed by atoms with van der Waals surface area (Å²) in [4.78, 5) is 26.8. The van der Waals surface area contributed by atoms with Crippen LogP contribution in [0.5, 0.6) is 0 Å². The molecule has 5 nitrogen and oxygen atoms in total. The third-order valence-electron chi connectivity index (χ3n) is 5.85. The SMILES string of the molecule is O=C(CC(c1ccc(F)cc1)C1CCOCC1)N1C(=O)OCC1c1ccccc1. The molecule has 0 aliphatic carbocycles. The van der Waals surface area contributed by atoms with E-state index in [1.165, 1.54) is 17.0 Å². The topological polar surface area (TPSA) is 55.8 Å². The number of rotatable bonds is 5. The predicted molar refractivity (Wildman–Crippen MR) is 105 cm³/mol. The highest BCUT2D eigenvalue weighted by atomic mass is 19.1. The molecule has 4 rings (SSSR count). The van der Waals surface area contributed by atoms with Crippen LogP contribution in [0, 0.1) is 11.7 Å². The molecule has 2 aliphatic rings. The van der Waals surface area contributed by atoms with Crippen LogP contribution in [0.4, 0.5) is 9.18 Å². The van der Waals surface area contributed by atoms with Crippen LogP contribution in [-0.2, 0) is 14.3 Å². The van der Waals surface area contributed by atoms with Crippen molar-refractivity contribution in [1.82, 2.24) is 4.90 Å². The molecule has 6 heteroatoms. The first kappa shape index (κ1) is 19.6. The molecule has 2 fully saturated rings. The third-order valence-corrected chi connectivity index (χ3v) is 5.85. The zero-order chi connectivity index (χ0) is 20.2. The van der Waals surface area contributed by atoms with E-state index in [0.717, 1.165) is 24.0 Å². The van der Waals surface area contributed by atoms with Crippen LogP contribution in [-0.4, -0.2) is 36.7 Å². The maximum atomic E-state index is 13.4. The molecule has 152 valence electrons. The van der Waals surface area contributed by atoms with Crippen molar-refractivity contribution < 1.29 is 23.5 Å². The molecule has 2 atom stereocenters. The van der Waals surface area contributed by atoms with E-state index in [4.69, 9.17) is 9.47 Å². The zero-order valence-corrected chi connectivity index (χ0v) is 16.1. The summed E-state index contributed by atoms with van der Waals surface area (Å²) in [6.07, 6.45) is 1.24. The van der Waals surface area contributed by atoms with Gasteiger partial charge in [-0.15, -0.1) is 0 Å². The van der Waals surface area contributed by atoms with Crippen LogP contribution in [0.3, 0.4) is 0 Å². The summed E-state index contributed by atoms with van der Waals surface area (Å²) in [6.45, 7) is 1.46. The zero-order valence-electron chi connectivity index (χ0n) is 16.1. The number of carbonyl (C=O) groups is 2. The smallest absolute Gasteiger partial charge is 0.417 e. The van der Waals surface area contributed by atoms with Crippen molar-refractivity contribution in [2.45, 2.75) is 31.2 Å². The fourth-order valence-electron chi connectivity index (χ4n) is 4.29. The van der Waals surface area contributed by atoms with Crippen LogP contribution in [0.2, 0.25) is 0 Å². The second-order valence-corrected chi connectivity index (χ2v) is 7.58. The molecule has 29 heavy (non-hydrogen) atoms.